The van der Waals surface area contributed by atoms with Gasteiger partial charge in [0.1, 0.15) is 0 Å². The predicted molar refractivity (Wildman–Crippen MR) is 75.9 cm³/mol. The summed E-state index contributed by atoms with van der Waals surface area (Å²) in [6.45, 7) is 7.20. The second kappa shape index (κ2) is 5.44. The Balaban J connectivity index is 1.47. The van der Waals surface area contributed by atoms with Crippen molar-refractivity contribution in [2.24, 2.45) is 0 Å². The van der Waals surface area contributed by atoms with Crippen LogP contribution in [0.15, 0.2) is 10.6 Å². The zero-order valence-corrected chi connectivity index (χ0v) is 12.8. The molecule has 0 radical (unpaired) electrons. The van der Waals surface area contributed by atoms with Gasteiger partial charge in [-0.3, -0.25) is 4.90 Å². The summed E-state index contributed by atoms with van der Waals surface area (Å²) >= 11 is 0. The zero-order valence-electron chi connectivity index (χ0n) is 12.8. The average molecular weight is 304 g/mol. The third kappa shape index (κ3) is 2.42. The number of ether oxygens (including phenoxy) is 1. The topological polar surface area (TPSA) is 82.1 Å². The molecule has 4 rings (SSSR count). The molecule has 8 nitrogen and oxygen atoms in total. The van der Waals surface area contributed by atoms with Crippen LogP contribution in [0.2, 0.25) is 0 Å². The van der Waals surface area contributed by atoms with Gasteiger partial charge in [-0.05, 0) is 6.42 Å². The Morgan fingerprint density at radius 1 is 1.36 bits per heavy atom. The van der Waals surface area contributed by atoms with Crippen LogP contribution in [-0.4, -0.2) is 49.3 Å². The molecule has 0 bridgehead atoms. The standard InChI is InChI=1S/C14H20N6O2/c1-9(2)14-17-16-13(22-14)7-19-4-3-12-11(6-19)20-10(8-21-12)5-15-18-20/h5,9,11-12H,3-4,6-8H2,1-2H3/t11-,12-/m1/s1. The van der Waals surface area contributed by atoms with Crippen LogP contribution in [0.5, 0.6) is 0 Å². The van der Waals surface area contributed by atoms with Crippen LogP contribution in [-0.2, 0) is 17.9 Å². The highest BCUT2D eigenvalue weighted by molar-refractivity contribution is 5.01. The molecular weight excluding hydrogens is 284 g/mol. The van der Waals surface area contributed by atoms with E-state index < -0.39 is 0 Å². The second-order valence-electron chi connectivity index (χ2n) is 6.30. The number of fused-ring (bicyclic) bond motifs is 3. The van der Waals surface area contributed by atoms with E-state index in [2.05, 4.69) is 25.4 Å². The van der Waals surface area contributed by atoms with E-state index in [1.807, 2.05) is 18.5 Å². The van der Waals surface area contributed by atoms with Crippen LogP contribution in [0.1, 0.15) is 49.7 Å². The zero-order chi connectivity index (χ0) is 15.1. The SMILES string of the molecule is CC(C)c1nnc(CN2CC[C@H]3OCc4cnnn4[C@@H]3C2)o1. The van der Waals surface area contributed by atoms with Gasteiger partial charge in [-0.25, -0.2) is 4.68 Å². The van der Waals surface area contributed by atoms with E-state index in [0.29, 0.717) is 24.9 Å². The Morgan fingerprint density at radius 3 is 3.09 bits per heavy atom. The number of nitrogens with zero attached hydrogens (tertiary/aromatic N) is 6. The van der Waals surface area contributed by atoms with Gasteiger partial charge in [0.25, 0.3) is 0 Å². The van der Waals surface area contributed by atoms with Gasteiger partial charge < -0.3 is 9.15 Å². The van der Waals surface area contributed by atoms with Crippen LogP contribution < -0.4 is 0 Å². The van der Waals surface area contributed by atoms with Crippen molar-refractivity contribution in [1.82, 2.24) is 30.1 Å². The highest BCUT2D eigenvalue weighted by Crippen LogP contribution is 2.30. The molecule has 22 heavy (non-hydrogen) atoms. The molecule has 0 spiro atoms. The van der Waals surface area contributed by atoms with Crippen LogP contribution in [0.3, 0.4) is 0 Å². The minimum atomic E-state index is 0.215. The van der Waals surface area contributed by atoms with Crippen molar-refractivity contribution in [3.8, 4) is 0 Å². The molecule has 0 amide bonds. The van der Waals surface area contributed by atoms with Crippen LogP contribution in [0.4, 0.5) is 0 Å². The molecule has 2 atom stereocenters. The maximum Gasteiger partial charge on any atom is 0.230 e. The van der Waals surface area contributed by atoms with Crippen molar-refractivity contribution < 1.29 is 9.15 Å². The number of hydrogen-bond donors (Lipinski definition) is 0. The molecule has 8 heteroatoms. The van der Waals surface area contributed by atoms with Crippen LogP contribution in [0.25, 0.3) is 0 Å². The lowest BCUT2D eigenvalue weighted by Gasteiger charge is -2.40. The lowest BCUT2D eigenvalue weighted by atomic mass is 10.0. The summed E-state index contributed by atoms with van der Waals surface area (Å²) in [5.41, 5.74) is 1.04. The molecular formula is C14H20N6O2. The molecule has 1 fully saturated rings. The monoisotopic (exact) mass is 304 g/mol. The van der Waals surface area contributed by atoms with Crippen molar-refractivity contribution in [3.05, 3.63) is 23.7 Å². The summed E-state index contributed by atoms with van der Waals surface area (Å²) in [6.07, 6.45) is 2.98. The lowest BCUT2D eigenvalue weighted by Crippen LogP contribution is -2.47. The Labute approximate surface area is 128 Å². The van der Waals surface area contributed by atoms with E-state index in [-0.39, 0.29) is 18.1 Å². The number of rotatable bonds is 3. The maximum atomic E-state index is 5.92. The molecule has 1 saturated heterocycles. The van der Waals surface area contributed by atoms with E-state index in [9.17, 15) is 0 Å². The van der Waals surface area contributed by atoms with Crippen LogP contribution in [0, 0.1) is 0 Å². The Bertz CT molecular complexity index is 651. The molecule has 2 aliphatic rings. The fourth-order valence-corrected chi connectivity index (χ4v) is 3.14. The minimum Gasteiger partial charge on any atom is -0.424 e. The summed E-state index contributed by atoms with van der Waals surface area (Å²) < 4.78 is 13.6. The quantitative estimate of drug-likeness (QED) is 0.840. The molecule has 2 aromatic heterocycles. The summed E-state index contributed by atoms with van der Waals surface area (Å²) in [5, 5.41) is 16.5. The summed E-state index contributed by atoms with van der Waals surface area (Å²) in [4.78, 5) is 2.32. The molecule has 0 N–H and O–H groups in total. The van der Waals surface area contributed by atoms with Gasteiger partial charge in [0.05, 0.1) is 37.2 Å². The first-order valence-electron chi connectivity index (χ1n) is 7.76. The third-order valence-corrected chi connectivity index (χ3v) is 4.35. The van der Waals surface area contributed by atoms with Gasteiger partial charge in [-0.2, -0.15) is 0 Å². The predicted octanol–water partition coefficient (Wildman–Crippen LogP) is 1.13. The van der Waals surface area contributed by atoms with E-state index in [1.54, 1.807) is 6.20 Å². The van der Waals surface area contributed by atoms with Gasteiger partial charge >= 0.3 is 0 Å². The number of aromatic nitrogens is 5. The molecule has 2 aromatic rings. The smallest absolute Gasteiger partial charge is 0.230 e. The van der Waals surface area contributed by atoms with Crippen molar-refractivity contribution >= 4 is 0 Å². The van der Waals surface area contributed by atoms with Gasteiger partial charge in [-0.1, -0.05) is 19.1 Å². The van der Waals surface area contributed by atoms with Crippen molar-refractivity contribution in [2.45, 2.75) is 51.5 Å². The summed E-state index contributed by atoms with van der Waals surface area (Å²) in [7, 11) is 0. The molecule has 2 aliphatic heterocycles. The molecule has 0 aliphatic carbocycles. The van der Waals surface area contributed by atoms with Gasteiger partial charge in [0.2, 0.25) is 11.8 Å². The van der Waals surface area contributed by atoms with E-state index in [0.717, 1.165) is 25.2 Å². The largest absolute Gasteiger partial charge is 0.424 e. The minimum absolute atomic E-state index is 0.215. The highest BCUT2D eigenvalue weighted by Gasteiger charge is 2.36. The normalized spacial score (nSPS) is 25.2. The van der Waals surface area contributed by atoms with Gasteiger partial charge in [0, 0.05) is 19.0 Å². The van der Waals surface area contributed by atoms with Crippen molar-refractivity contribution in [3.63, 3.8) is 0 Å². The highest BCUT2D eigenvalue weighted by atomic mass is 16.5. The lowest BCUT2D eigenvalue weighted by molar-refractivity contribution is -0.0679. The third-order valence-electron chi connectivity index (χ3n) is 4.35. The number of likely N-dealkylation sites (tertiary alicyclic amines) is 1. The molecule has 0 aromatic carbocycles. The van der Waals surface area contributed by atoms with Gasteiger partial charge in [0.15, 0.2) is 0 Å². The Hall–Kier alpha value is -1.80. The molecule has 0 saturated carbocycles. The summed E-state index contributed by atoms with van der Waals surface area (Å²) in [6, 6.07) is 0.215. The van der Waals surface area contributed by atoms with Crippen molar-refractivity contribution in [2.75, 3.05) is 13.1 Å². The second-order valence-corrected chi connectivity index (χ2v) is 6.30. The van der Waals surface area contributed by atoms with E-state index >= 15 is 0 Å². The first kappa shape index (κ1) is 13.8. The Morgan fingerprint density at radius 2 is 2.27 bits per heavy atom. The summed E-state index contributed by atoms with van der Waals surface area (Å²) in [5.74, 6) is 1.64. The molecule has 0 unspecified atom stereocenters. The van der Waals surface area contributed by atoms with E-state index in [1.165, 1.54) is 0 Å². The number of piperidine rings is 1. The van der Waals surface area contributed by atoms with E-state index in [4.69, 9.17) is 9.15 Å². The number of hydrogen-bond acceptors (Lipinski definition) is 7. The molecule has 118 valence electrons. The van der Waals surface area contributed by atoms with Crippen molar-refractivity contribution in [1.29, 1.82) is 0 Å². The van der Waals surface area contributed by atoms with Crippen LogP contribution >= 0.6 is 0 Å². The maximum absolute atomic E-state index is 5.92. The fraction of sp³-hybridized carbons (Fsp3) is 0.714. The molecule has 4 heterocycles. The Kier molecular flexibility index (Phi) is 3.42. The first-order valence-corrected chi connectivity index (χ1v) is 7.76. The first-order chi connectivity index (χ1) is 10.7. The fourth-order valence-electron chi connectivity index (χ4n) is 3.14. The van der Waals surface area contributed by atoms with Gasteiger partial charge in [-0.15, -0.1) is 15.3 Å². The average Bonchev–Trinajstić information content (AvgIpc) is 3.15.